The number of nitrogens with one attached hydrogen (secondary N) is 1. The molecule has 32 heavy (non-hydrogen) atoms. The fraction of sp³-hybridized carbons (Fsp3) is 0.231. The number of nitrogens with zero attached hydrogens (tertiary/aromatic N) is 2. The Bertz CT molecular complexity index is 1190. The van der Waals surface area contributed by atoms with E-state index in [0.29, 0.717) is 29.9 Å². The molecule has 1 N–H and O–H groups in total. The van der Waals surface area contributed by atoms with Crippen LogP contribution in [0.4, 0.5) is 11.4 Å². The fourth-order valence-corrected chi connectivity index (χ4v) is 5.36. The number of aryl methyl sites for hydroxylation is 1. The van der Waals surface area contributed by atoms with Gasteiger partial charge in [-0.25, -0.2) is 0 Å². The van der Waals surface area contributed by atoms with Gasteiger partial charge in [-0.15, -0.1) is 0 Å². The van der Waals surface area contributed by atoms with Crippen LogP contribution in [-0.4, -0.2) is 42.4 Å². The highest BCUT2D eigenvalue weighted by atomic mass is 32.2. The summed E-state index contributed by atoms with van der Waals surface area (Å²) in [4.78, 5) is 32.1. The number of fused-ring (bicyclic) bond motifs is 2. The van der Waals surface area contributed by atoms with Gasteiger partial charge in [0.15, 0.2) is 0 Å². The first-order chi connectivity index (χ1) is 15.5. The van der Waals surface area contributed by atoms with Crippen LogP contribution in [0, 0.1) is 6.92 Å². The highest BCUT2D eigenvalue weighted by Gasteiger charge is 2.28. The quantitative estimate of drug-likeness (QED) is 0.601. The summed E-state index contributed by atoms with van der Waals surface area (Å²) in [7, 11) is 0. The molecule has 0 aromatic heterocycles. The van der Waals surface area contributed by atoms with Crippen LogP contribution in [0.2, 0.25) is 0 Å². The highest BCUT2D eigenvalue weighted by molar-refractivity contribution is 7.99. The Kier molecular flexibility index (Phi) is 5.39. The van der Waals surface area contributed by atoms with E-state index in [4.69, 9.17) is 0 Å². The summed E-state index contributed by atoms with van der Waals surface area (Å²) in [5.41, 5.74) is 4.38. The third-order valence-corrected chi connectivity index (χ3v) is 7.26. The molecule has 2 heterocycles. The molecule has 2 aliphatic rings. The number of carbonyl (C=O) groups is 2. The molecule has 0 bridgehead atoms. The number of anilines is 2. The molecule has 1 fully saturated rings. The Morgan fingerprint density at radius 1 is 1.00 bits per heavy atom. The van der Waals surface area contributed by atoms with Crippen molar-refractivity contribution in [3.63, 3.8) is 0 Å². The molecule has 2 amide bonds. The maximum atomic E-state index is 13.3. The van der Waals surface area contributed by atoms with E-state index >= 15 is 0 Å². The Labute approximate surface area is 192 Å². The Balaban J connectivity index is 1.33. The molecular formula is C26H25N3O2S. The predicted octanol–water partition coefficient (Wildman–Crippen LogP) is 5.06. The van der Waals surface area contributed by atoms with Gasteiger partial charge >= 0.3 is 0 Å². The first-order valence-corrected chi connectivity index (χ1v) is 11.7. The van der Waals surface area contributed by atoms with Crippen LogP contribution >= 0.6 is 11.8 Å². The first-order valence-electron chi connectivity index (χ1n) is 10.8. The molecule has 3 aromatic carbocycles. The smallest absolute Gasteiger partial charge is 0.256 e. The maximum absolute atomic E-state index is 13.3. The zero-order chi connectivity index (χ0) is 22.2. The van der Waals surface area contributed by atoms with Crippen molar-refractivity contribution in [2.45, 2.75) is 29.7 Å². The molecule has 5 rings (SSSR count). The molecule has 6 heteroatoms. The molecule has 0 saturated carbocycles. The van der Waals surface area contributed by atoms with E-state index in [0.717, 1.165) is 16.3 Å². The van der Waals surface area contributed by atoms with E-state index in [2.05, 4.69) is 48.3 Å². The minimum atomic E-state index is -0.142. The van der Waals surface area contributed by atoms with Crippen LogP contribution in [0.25, 0.3) is 0 Å². The molecule has 0 spiro atoms. The van der Waals surface area contributed by atoms with Crippen LogP contribution in [0.1, 0.15) is 33.2 Å². The number of hydrogen-bond donors (Lipinski definition) is 1. The fourth-order valence-electron chi connectivity index (χ4n) is 4.35. The average molecular weight is 444 g/mol. The second kappa shape index (κ2) is 8.36. The summed E-state index contributed by atoms with van der Waals surface area (Å²) in [5.74, 6) is -0.138. The van der Waals surface area contributed by atoms with E-state index in [1.165, 1.54) is 11.3 Å². The van der Waals surface area contributed by atoms with Crippen molar-refractivity contribution in [2.75, 3.05) is 29.9 Å². The number of carbonyl (C=O) groups excluding carboxylic acids is 2. The Morgan fingerprint density at radius 3 is 2.56 bits per heavy atom. The monoisotopic (exact) mass is 443 g/mol. The second-order valence-electron chi connectivity index (χ2n) is 8.39. The van der Waals surface area contributed by atoms with Crippen molar-refractivity contribution in [3.8, 4) is 0 Å². The SMILES string of the molecule is Cc1ccc(N2CCN(C(=O)c3ccc4c(c3)NC(=O)c3ccccc3S4)C[C@H]2C)cc1. The van der Waals surface area contributed by atoms with Gasteiger partial charge in [-0.3, -0.25) is 9.59 Å². The van der Waals surface area contributed by atoms with Crippen molar-refractivity contribution in [1.29, 1.82) is 0 Å². The maximum Gasteiger partial charge on any atom is 0.256 e. The van der Waals surface area contributed by atoms with E-state index in [1.54, 1.807) is 11.8 Å². The van der Waals surface area contributed by atoms with Gasteiger partial charge in [0.2, 0.25) is 0 Å². The number of benzene rings is 3. The van der Waals surface area contributed by atoms with Crippen LogP contribution in [0.15, 0.2) is 76.5 Å². The molecule has 0 aliphatic carbocycles. The zero-order valence-electron chi connectivity index (χ0n) is 18.2. The van der Waals surface area contributed by atoms with E-state index in [-0.39, 0.29) is 17.9 Å². The number of amides is 2. The Morgan fingerprint density at radius 2 is 1.78 bits per heavy atom. The summed E-state index contributed by atoms with van der Waals surface area (Å²) in [6.45, 7) is 6.37. The lowest BCUT2D eigenvalue weighted by Gasteiger charge is -2.41. The topological polar surface area (TPSA) is 52.6 Å². The van der Waals surface area contributed by atoms with Crippen molar-refractivity contribution in [2.24, 2.45) is 0 Å². The molecular weight excluding hydrogens is 418 g/mol. The third kappa shape index (κ3) is 3.86. The van der Waals surface area contributed by atoms with Crippen LogP contribution in [0.3, 0.4) is 0 Å². The van der Waals surface area contributed by atoms with Crippen LogP contribution < -0.4 is 10.2 Å². The van der Waals surface area contributed by atoms with Crippen molar-refractivity contribution in [3.05, 3.63) is 83.4 Å². The number of hydrogen-bond acceptors (Lipinski definition) is 4. The Hall–Kier alpha value is -3.25. The van der Waals surface area contributed by atoms with Gasteiger partial charge in [-0.2, -0.15) is 0 Å². The van der Waals surface area contributed by atoms with E-state index < -0.39 is 0 Å². The molecule has 162 valence electrons. The summed E-state index contributed by atoms with van der Waals surface area (Å²) < 4.78 is 0. The van der Waals surface area contributed by atoms with E-state index in [1.807, 2.05) is 47.4 Å². The molecule has 1 saturated heterocycles. The molecule has 2 aliphatic heterocycles. The van der Waals surface area contributed by atoms with Gasteiger partial charge in [0.25, 0.3) is 11.8 Å². The lowest BCUT2D eigenvalue weighted by molar-refractivity contribution is 0.0726. The summed E-state index contributed by atoms with van der Waals surface area (Å²) >= 11 is 1.55. The second-order valence-corrected chi connectivity index (χ2v) is 9.48. The van der Waals surface area contributed by atoms with Crippen molar-refractivity contribution >= 4 is 35.0 Å². The molecule has 5 nitrogen and oxygen atoms in total. The number of piperazine rings is 1. The lowest BCUT2D eigenvalue weighted by Crippen LogP contribution is -2.53. The van der Waals surface area contributed by atoms with Crippen molar-refractivity contribution < 1.29 is 9.59 Å². The van der Waals surface area contributed by atoms with Gasteiger partial charge in [-0.05, 0) is 56.3 Å². The predicted molar refractivity (Wildman–Crippen MR) is 129 cm³/mol. The third-order valence-electron chi connectivity index (χ3n) is 6.11. The van der Waals surface area contributed by atoms with Gasteiger partial charge in [-0.1, -0.05) is 41.6 Å². The largest absolute Gasteiger partial charge is 0.365 e. The zero-order valence-corrected chi connectivity index (χ0v) is 19.0. The summed E-state index contributed by atoms with van der Waals surface area (Å²) in [6.07, 6.45) is 0. The normalized spacial score (nSPS) is 17.8. The van der Waals surface area contributed by atoms with Gasteiger partial charge in [0.1, 0.15) is 0 Å². The van der Waals surface area contributed by atoms with Gasteiger partial charge < -0.3 is 15.1 Å². The molecule has 1 atom stereocenters. The summed E-state index contributed by atoms with van der Waals surface area (Å²) in [5, 5.41) is 2.98. The number of rotatable bonds is 2. The highest BCUT2D eigenvalue weighted by Crippen LogP contribution is 2.39. The van der Waals surface area contributed by atoms with Gasteiger partial charge in [0.05, 0.1) is 11.3 Å². The molecule has 0 radical (unpaired) electrons. The standard InChI is InChI=1S/C26H25N3O2S/c1-17-7-10-20(11-8-17)29-14-13-28(16-18(29)2)26(31)19-9-12-24-22(15-19)27-25(30)21-5-3-4-6-23(21)32-24/h3-12,15,18H,13-14,16H2,1-2H3,(H,27,30)/t18-/m1/s1. The van der Waals surface area contributed by atoms with Gasteiger partial charge in [0, 0.05) is 46.7 Å². The average Bonchev–Trinajstić information content (AvgIpc) is 2.94. The molecule has 3 aromatic rings. The molecule has 0 unspecified atom stereocenters. The minimum absolute atomic E-state index is 0.00390. The van der Waals surface area contributed by atoms with Crippen LogP contribution in [-0.2, 0) is 0 Å². The lowest BCUT2D eigenvalue weighted by atomic mass is 10.1. The minimum Gasteiger partial charge on any atom is -0.365 e. The first kappa shape index (κ1) is 20.6. The van der Waals surface area contributed by atoms with E-state index in [9.17, 15) is 9.59 Å². The van der Waals surface area contributed by atoms with Crippen molar-refractivity contribution in [1.82, 2.24) is 4.90 Å². The van der Waals surface area contributed by atoms with Crippen LogP contribution in [0.5, 0.6) is 0 Å². The summed E-state index contributed by atoms with van der Waals surface area (Å²) in [6, 6.07) is 21.9.